The van der Waals surface area contributed by atoms with E-state index < -0.39 is 0 Å². The van der Waals surface area contributed by atoms with Crippen molar-refractivity contribution in [1.82, 2.24) is 19.7 Å². The number of nitrogens with one attached hydrogen (secondary N) is 2. The van der Waals surface area contributed by atoms with E-state index in [0.717, 1.165) is 18.8 Å². The molecule has 1 aliphatic rings. The molecule has 3 rings (SSSR count). The molecule has 0 aromatic carbocycles. The molecule has 0 bridgehead atoms. The van der Waals surface area contributed by atoms with E-state index in [9.17, 15) is 4.79 Å². The van der Waals surface area contributed by atoms with E-state index in [-0.39, 0.29) is 11.1 Å². The summed E-state index contributed by atoms with van der Waals surface area (Å²) in [6.07, 6.45) is 5.07. The van der Waals surface area contributed by atoms with Crippen molar-refractivity contribution in [1.29, 1.82) is 0 Å². The summed E-state index contributed by atoms with van der Waals surface area (Å²) in [6.45, 7) is 8.41. The van der Waals surface area contributed by atoms with Crippen LogP contribution in [-0.4, -0.2) is 25.8 Å². The van der Waals surface area contributed by atoms with Crippen LogP contribution in [-0.2, 0) is 5.54 Å². The van der Waals surface area contributed by atoms with E-state index in [1.807, 2.05) is 20.8 Å². The molecule has 6 nitrogen and oxygen atoms in total. The fraction of sp³-hybridized carbons (Fsp3) is 0.667. The topological polar surface area (TPSA) is 75.6 Å². The number of anilines is 1. The summed E-state index contributed by atoms with van der Waals surface area (Å²) in [5, 5.41) is 8.22. The number of aromatic nitrogens is 4. The molecule has 1 fully saturated rings. The largest absolute Gasteiger partial charge is 0.353 e. The fourth-order valence-corrected chi connectivity index (χ4v) is 3.01. The van der Waals surface area contributed by atoms with Gasteiger partial charge in [-0.1, -0.05) is 6.92 Å². The predicted octanol–water partition coefficient (Wildman–Crippen LogP) is 2.48. The van der Waals surface area contributed by atoms with E-state index in [0.29, 0.717) is 23.0 Å². The van der Waals surface area contributed by atoms with Gasteiger partial charge < -0.3 is 5.32 Å². The summed E-state index contributed by atoms with van der Waals surface area (Å²) in [6, 6.07) is 0.395. The van der Waals surface area contributed by atoms with Crippen LogP contribution in [0.25, 0.3) is 11.0 Å². The third kappa shape index (κ3) is 2.66. The normalized spacial score (nSPS) is 22.9. The molecule has 21 heavy (non-hydrogen) atoms. The molecule has 2 unspecified atom stereocenters. The van der Waals surface area contributed by atoms with Crippen molar-refractivity contribution in [3.63, 3.8) is 0 Å². The van der Waals surface area contributed by atoms with E-state index in [2.05, 4.69) is 27.3 Å². The van der Waals surface area contributed by atoms with Crippen LogP contribution in [0.5, 0.6) is 0 Å². The summed E-state index contributed by atoms with van der Waals surface area (Å²) >= 11 is 0. The molecule has 114 valence electrons. The van der Waals surface area contributed by atoms with E-state index in [4.69, 9.17) is 0 Å². The third-order valence-electron chi connectivity index (χ3n) is 4.11. The lowest BCUT2D eigenvalue weighted by Gasteiger charge is -2.20. The molecule has 2 N–H and O–H groups in total. The van der Waals surface area contributed by atoms with Crippen molar-refractivity contribution in [2.45, 2.75) is 58.5 Å². The summed E-state index contributed by atoms with van der Waals surface area (Å²) in [5.41, 5.74) is 0.297. The van der Waals surface area contributed by atoms with Gasteiger partial charge in [0.15, 0.2) is 5.65 Å². The Labute approximate surface area is 124 Å². The van der Waals surface area contributed by atoms with Crippen molar-refractivity contribution in [2.75, 3.05) is 5.32 Å². The highest BCUT2D eigenvalue weighted by atomic mass is 16.1. The van der Waals surface area contributed by atoms with Crippen LogP contribution in [0.1, 0.15) is 47.0 Å². The molecule has 1 aliphatic carbocycles. The average Bonchev–Trinajstić information content (AvgIpc) is 2.95. The molecular formula is C15H23N5O. The monoisotopic (exact) mass is 289 g/mol. The number of hydrogen-bond donors (Lipinski definition) is 2. The number of aromatic amines is 1. The van der Waals surface area contributed by atoms with Crippen molar-refractivity contribution < 1.29 is 0 Å². The number of nitrogens with zero attached hydrogens (tertiary/aromatic N) is 3. The average molecular weight is 289 g/mol. The molecule has 2 atom stereocenters. The van der Waals surface area contributed by atoms with Crippen molar-refractivity contribution in [3.8, 4) is 0 Å². The van der Waals surface area contributed by atoms with Gasteiger partial charge in [-0.25, -0.2) is 4.68 Å². The summed E-state index contributed by atoms with van der Waals surface area (Å²) in [7, 11) is 0. The first-order valence-corrected chi connectivity index (χ1v) is 7.59. The SMILES string of the molecule is CC1CCC(Nc2nc3c(cnn3C(C)(C)C)c(=O)[nH]2)C1. The molecule has 0 saturated heterocycles. The lowest BCUT2D eigenvalue weighted by Crippen LogP contribution is -2.25. The van der Waals surface area contributed by atoms with Crippen LogP contribution in [0.15, 0.2) is 11.0 Å². The highest BCUT2D eigenvalue weighted by Crippen LogP contribution is 2.27. The Kier molecular flexibility index (Phi) is 3.26. The Morgan fingerprint density at radius 1 is 1.38 bits per heavy atom. The first-order chi connectivity index (χ1) is 9.84. The molecule has 1 saturated carbocycles. The molecule has 2 heterocycles. The van der Waals surface area contributed by atoms with Crippen molar-refractivity contribution in [3.05, 3.63) is 16.6 Å². The van der Waals surface area contributed by atoms with E-state index in [1.54, 1.807) is 10.9 Å². The minimum atomic E-state index is -0.207. The van der Waals surface area contributed by atoms with Gasteiger partial charge in [-0.2, -0.15) is 10.1 Å². The zero-order valence-corrected chi connectivity index (χ0v) is 13.1. The maximum atomic E-state index is 12.2. The van der Waals surface area contributed by atoms with Gasteiger partial charge in [0.05, 0.1) is 11.7 Å². The summed E-state index contributed by atoms with van der Waals surface area (Å²) in [5.74, 6) is 1.29. The number of fused-ring (bicyclic) bond motifs is 1. The minimum Gasteiger partial charge on any atom is -0.353 e. The van der Waals surface area contributed by atoms with Crippen LogP contribution >= 0.6 is 0 Å². The fourth-order valence-electron chi connectivity index (χ4n) is 3.01. The Morgan fingerprint density at radius 3 is 2.76 bits per heavy atom. The standard InChI is InChI=1S/C15H23N5O/c1-9-5-6-10(7-9)17-14-18-12-11(13(21)19-14)8-16-20(12)15(2,3)4/h8-10H,5-7H2,1-4H3,(H2,17,18,19,21). The highest BCUT2D eigenvalue weighted by molar-refractivity contribution is 5.74. The Morgan fingerprint density at radius 2 is 2.14 bits per heavy atom. The molecule has 2 aromatic rings. The van der Waals surface area contributed by atoms with Crippen molar-refractivity contribution in [2.24, 2.45) is 5.92 Å². The van der Waals surface area contributed by atoms with Gasteiger partial charge >= 0.3 is 0 Å². The van der Waals surface area contributed by atoms with Gasteiger partial charge in [-0.3, -0.25) is 9.78 Å². The molecule has 2 aromatic heterocycles. The van der Waals surface area contributed by atoms with Gasteiger partial charge in [0, 0.05) is 6.04 Å². The van der Waals surface area contributed by atoms with Crippen LogP contribution < -0.4 is 10.9 Å². The molecule has 0 spiro atoms. The first kappa shape index (κ1) is 14.1. The Balaban J connectivity index is 1.99. The van der Waals surface area contributed by atoms with Crippen LogP contribution in [0.2, 0.25) is 0 Å². The highest BCUT2D eigenvalue weighted by Gasteiger charge is 2.23. The van der Waals surface area contributed by atoms with E-state index in [1.165, 1.54) is 6.42 Å². The maximum Gasteiger partial charge on any atom is 0.263 e. The zero-order valence-electron chi connectivity index (χ0n) is 13.1. The predicted molar refractivity (Wildman–Crippen MR) is 83.6 cm³/mol. The summed E-state index contributed by atoms with van der Waals surface area (Å²) in [4.78, 5) is 19.6. The van der Waals surface area contributed by atoms with Gasteiger partial charge in [0.25, 0.3) is 5.56 Å². The van der Waals surface area contributed by atoms with Crippen molar-refractivity contribution >= 4 is 17.0 Å². The molecular weight excluding hydrogens is 266 g/mol. The smallest absolute Gasteiger partial charge is 0.263 e. The van der Waals surface area contributed by atoms with Gasteiger partial charge in [-0.05, 0) is 46.0 Å². The quantitative estimate of drug-likeness (QED) is 0.890. The summed E-state index contributed by atoms with van der Waals surface area (Å²) < 4.78 is 1.81. The lowest BCUT2D eigenvalue weighted by molar-refractivity contribution is 0.366. The van der Waals surface area contributed by atoms with Gasteiger partial charge in [0.1, 0.15) is 5.39 Å². The second-order valence-electron chi connectivity index (χ2n) is 7.14. The van der Waals surface area contributed by atoms with Gasteiger partial charge in [0.2, 0.25) is 5.95 Å². The maximum absolute atomic E-state index is 12.2. The second-order valence-corrected chi connectivity index (χ2v) is 7.14. The van der Waals surface area contributed by atoms with E-state index >= 15 is 0 Å². The molecule has 0 radical (unpaired) electrons. The van der Waals surface area contributed by atoms with Crippen LogP contribution in [0.3, 0.4) is 0 Å². The Bertz CT molecular complexity index is 709. The first-order valence-electron chi connectivity index (χ1n) is 7.59. The van der Waals surface area contributed by atoms with Gasteiger partial charge in [-0.15, -0.1) is 0 Å². The number of H-pyrrole nitrogens is 1. The molecule has 0 aliphatic heterocycles. The Hall–Kier alpha value is -1.85. The van der Waals surface area contributed by atoms with Crippen LogP contribution in [0.4, 0.5) is 5.95 Å². The lowest BCUT2D eigenvalue weighted by atomic mass is 10.1. The number of rotatable bonds is 2. The minimum absolute atomic E-state index is 0.135. The third-order valence-corrected chi connectivity index (χ3v) is 4.11. The zero-order chi connectivity index (χ0) is 15.2. The second kappa shape index (κ2) is 4.86. The number of hydrogen-bond acceptors (Lipinski definition) is 4. The molecule has 6 heteroatoms. The molecule has 0 amide bonds. The van der Waals surface area contributed by atoms with Crippen LogP contribution in [0, 0.1) is 5.92 Å².